The van der Waals surface area contributed by atoms with Crippen LogP contribution in [-0.4, -0.2) is 18.7 Å². The summed E-state index contributed by atoms with van der Waals surface area (Å²) in [7, 11) is 0. The largest absolute Gasteiger partial charge is 0.449 e. The van der Waals surface area contributed by atoms with Gasteiger partial charge in [-0.05, 0) is 23.7 Å². The summed E-state index contributed by atoms with van der Waals surface area (Å²) in [6.07, 6.45) is 3.45. The van der Waals surface area contributed by atoms with Crippen LogP contribution in [0.2, 0.25) is 0 Å². The van der Waals surface area contributed by atoms with E-state index < -0.39 is 0 Å². The van der Waals surface area contributed by atoms with Crippen molar-refractivity contribution in [3.63, 3.8) is 0 Å². The quantitative estimate of drug-likeness (QED) is 0.799. The Hall–Kier alpha value is -0.730. The summed E-state index contributed by atoms with van der Waals surface area (Å²) in [6, 6.07) is 0.217. The zero-order valence-corrected chi connectivity index (χ0v) is 11.9. The highest BCUT2D eigenvalue weighted by atomic mass is 16.5. The lowest BCUT2D eigenvalue weighted by atomic mass is 9.83. The molecular weight excluding hydrogens is 214 g/mol. The van der Waals surface area contributed by atoms with Gasteiger partial charge in [-0.15, -0.1) is 0 Å². The van der Waals surface area contributed by atoms with Gasteiger partial charge in [0.25, 0.3) is 0 Å². The summed E-state index contributed by atoms with van der Waals surface area (Å²) in [6.45, 7) is 11.1. The van der Waals surface area contributed by atoms with Crippen molar-refractivity contribution in [2.75, 3.05) is 6.61 Å². The summed E-state index contributed by atoms with van der Waals surface area (Å²) >= 11 is 0. The highest BCUT2D eigenvalue weighted by Gasteiger charge is 2.33. The Balaban J connectivity index is 2.39. The Labute approximate surface area is 105 Å². The molecule has 1 rings (SSSR count). The molecule has 1 aliphatic rings. The molecule has 3 nitrogen and oxygen atoms in total. The van der Waals surface area contributed by atoms with Gasteiger partial charge < -0.3 is 10.1 Å². The predicted molar refractivity (Wildman–Crippen MR) is 69.9 cm³/mol. The van der Waals surface area contributed by atoms with Gasteiger partial charge in [0, 0.05) is 6.04 Å². The maximum atomic E-state index is 11.7. The highest BCUT2D eigenvalue weighted by molar-refractivity contribution is 5.67. The Morgan fingerprint density at radius 3 is 2.35 bits per heavy atom. The molecule has 0 spiro atoms. The fourth-order valence-corrected chi connectivity index (χ4v) is 1.74. The van der Waals surface area contributed by atoms with Crippen molar-refractivity contribution < 1.29 is 9.53 Å². The Bertz CT molecular complexity index is 251. The summed E-state index contributed by atoms with van der Waals surface area (Å²) in [5, 5.41) is 3.02. The molecule has 0 heterocycles. The van der Waals surface area contributed by atoms with E-state index in [0.29, 0.717) is 12.5 Å². The normalized spacial score (nSPS) is 18.0. The molecule has 1 aliphatic carbocycles. The molecule has 3 heteroatoms. The summed E-state index contributed by atoms with van der Waals surface area (Å²) < 4.78 is 5.18. The number of ether oxygens (including phenoxy) is 1. The number of nitrogens with one attached hydrogen (secondary N) is 1. The van der Waals surface area contributed by atoms with Gasteiger partial charge in [0.05, 0.1) is 6.61 Å². The van der Waals surface area contributed by atoms with Crippen molar-refractivity contribution in [3.05, 3.63) is 0 Å². The molecular formula is C14H27NO2. The minimum Gasteiger partial charge on any atom is -0.449 e. The second-order valence-electron chi connectivity index (χ2n) is 6.73. The minimum atomic E-state index is -0.265. The van der Waals surface area contributed by atoms with Crippen molar-refractivity contribution in [2.45, 2.75) is 59.9 Å². The first kappa shape index (κ1) is 14.3. The maximum Gasteiger partial charge on any atom is 0.407 e. The van der Waals surface area contributed by atoms with Crippen LogP contribution >= 0.6 is 0 Å². The van der Waals surface area contributed by atoms with E-state index in [4.69, 9.17) is 4.74 Å². The molecule has 1 saturated carbocycles. The van der Waals surface area contributed by atoms with E-state index >= 15 is 0 Å². The molecule has 1 fully saturated rings. The second kappa shape index (κ2) is 5.74. The van der Waals surface area contributed by atoms with Crippen molar-refractivity contribution in [3.8, 4) is 0 Å². The number of rotatable bonds is 5. The van der Waals surface area contributed by atoms with Crippen LogP contribution in [0.5, 0.6) is 0 Å². The number of alkyl carbamates (subject to hydrolysis) is 1. The first-order valence-electron chi connectivity index (χ1n) is 6.72. The SMILES string of the molecule is CC(C)COC(=O)NC(CC1CC1)C(C)(C)C. The molecule has 0 aromatic heterocycles. The third-order valence-electron chi connectivity index (χ3n) is 3.15. The van der Waals surface area contributed by atoms with E-state index in [1.54, 1.807) is 0 Å². The average Bonchev–Trinajstić information content (AvgIpc) is 2.96. The van der Waals surface area contributed by atoms with E-state index in [-0.39, 0.29) is 17.6 Å². The van der Waals surface area contributed by atoms with Gasteiger partial charge in [-0.2, -0.15) is 0 Å². The van der Waals surface area contributed by atoms with Crippen molar-refractivity contribution in [1.82, 2.24) is 5.32 Å². The van der Waals surface area contributed by atoms with Gasteiger partial charge >= 0.3 is 6.09 Å². The third-order valence-corrected chi connectivity index (χ3v) is 3.15. The van der Waals surface area contributed by atoms with Gasteiger partial charge in [0.2, 0.25) is 0 Å². The molecule has 17 heavy (non-hydrogen) atoms. The summed E-state index contributed by atoms with van der Waals surface area (Å²) in [4.78, 5) is 11.7. The lowest BCUT2D eigenvalue weighted by Crippen LogP contribution is -2.44. The molecule has 1 amide bonds. The van der Waals surface area contributed by atoms with E-state index in [2.05, 4.69) is 26.1 Å². The fourth-order valence-electron chi connectivity index (χ4n) is 1.74. The lowest BCUT2D eigenvalue weighted by molar-refractivity contribution is 0.118. The van der Waals surface area contributed by atoms with Gasteiger partial charge in [0.15, 0.2) is 0 Å². The zero-order valence-electron chi connectivity index (χ0n) is 11.9. The summed E-state index contributed by atoms with van der Waals surface area (Å²) in [5.74, 6) is 1.20. The monoisotopic (exact) mass is 241 g/mol. The number of amides is 1. The molecule has 1 atom stereocenters. The molecule has 0 saturated heterocycles. The van der Waals surface area contributed by atoms with E-state index in [9.17, 15) is 4.79 Å². The Kier molecular flexibility index (Phi) is 4.84. The first-order valence-corrected chi connectivity index (χ1v) is 6.72. The minimum absolute atomic E-state index is 0.0967. The van der Waals surface area contributed by atoms with Crippen molar-refractivity contribution >= 4 is 6.09 Å². The predicted octanol–water partition coefficient (Wildman–Crippen LogP) is 3.58. The molecule has 1 unspecified atom stereocenters. The molecule has 1 N–H and O–H groups in total. The topological polar surface area (TPSA) is 38.3 Å². The summed E-state index contributed by atoms with van der Waals surface area (Å²) in [5.41, 5.74) is 0.0967. The van der Waals surface area contributed by atoms with Crippen LogP contribution < -0.4 is 5.32 Å². The van der Waals surface area contributed by atoms with Crippen molar-refractivity contribution in [1.29, 1.82) is 0 Å². The van der Waals surface area contributed by atoms with Crippen LogP contribution in [0.15, 0.2) is 0 Å². The first-order chi connectivity index (χ1) is 7.79. The van der Waals surface area contributed by atoms with Crippen LogP contribution in [0.4, 0.5) is 4.79 Å². The zero-order chi connectivity index (χ0) is 13.1. The standard InChI is InChI=1S/C14H27NO2/c1-10(2)9-17-13(16)15-12(14(3,4)5)8-11-6-7-11/h10-12H,6-9H2,1-5H3,(H,15,16). The van der Waals surface area contributed by atoms with Crippen molar-refractivity contribution in [2.24, 2.45) is 17.3 Å². The lowest BCUT2D eigenvalue weighted by Gasteiger charge is -2.31. The van der Waals surface area contributed by atoms with Crippen LogP contribution in [0.1, 0.15) is 53.9 Å². The number of carbonyl (C=O) groups excluding carboxylic acids is 1. The molecule has 0 aliphatic heterocycles. The second-order valence-corrected chi connectivity index (χ2v) is 6.73. The molecule has 0 aromatic carbocycles. The van der Waals surface area contributed by atoms with Gasteiger partial charge in [-0.1, -0.05) is 47.5 Å². The van der Waals surface area contributed by atoms with Crippen LogP contribution in [0.3, 0.4) is 0 Å². The van der Waals surface area contributed by atoms with E-state index in [1.807, 2.05) is 13.8 Å². The smallest absolute Gasteiger partial charge is 0.407 e. The molecule has 0 radical (unpaired) electrons. The molecule has 0 aromatic rings. The highest BCUT2D eigenvalue weighted by Crippen LogP contribution is 2.37. The number of hydrogen-bond donors (Lipinski definition) is 1. The maximum absolute atomic E-state index is 11.7. The molecule has 0 bridgehead atoms. The van der Waals surface area contributed by atoms with Gasteiger partial charge in [0.1, 0.15) is 0 Å². The average molecular weight is 241 g/mol. The number of hydrogen-bond acceptors (Lipinski definition) is 2. The van der Waals surface area contributed by atoms with E-state index in [1.165, 1.54) is 12.8 Å². The Morgan fingerprint density at radius 2 is 1.94 bits per heavy atom. The van der Waals surface area contributed by atoms with Gasteiger partial charge in [-0.25, -0.2) is 4.79 Å². The Morgan fingerprint density at radius 1 is 1.35 bits per heavy atom. The molecule has 100 valence electrons. The van der Waals surface area contributed by atoms with Crippen LogP contribution in [0.25, 0.3) is 0 Å². The fraction of sp³-hybridized carbons (Fsp3) is 0.929. The van der Waals surface area contributed by atoms with Crippen LogP contribution in [0, 0.1) is 17.3 Å². The van der Waals surface area contributed by atoms with Gasteiger partial charge in [-0.3, -0.25) is 0 Å². The van der Waals surface area contributed by atoms with E-state index in [0.717, 1.165) is 12.3 Å². The third kappa shape index (κ3) is 5.94. The number of carbonyl (C=O) groups is 1. The van der Waals surface area contributed by atoms with Crippen LogP contribution in [-0.2, 0) is 4.74 Å².